The average Bonchev–Trinajstić information content (AvgIpc) is 2.77. The standard InChI is InChI=1S/C10H7BrF2N2O2S2/c11-8-1-6(12)2-9(13)10(8)19(16,17)15-3-7-4-18-5-14-7/h1-2,4-5,15H,3H2. The largest absolute Gasteiger partial charge is 0.248 e. The molecule has 0 saturated carbocycles. The lowest BCUT2D eigenvalue weighted by Crippen LogP contribution is -2.24. The van der Waals surface area contributed by atoms with Crippen LogP contribution in [0.5, 0.6) is 0 Å². The summed E-state index contributed by atoms with van der Waals surface area (Å²) in [5.74, 6) is -2.01. The zero-order valence-electron chi connectivity index (χ0n) is 9.23. The Hall–Kier alpha value is -0.900. The molecule has 102 valence electrons. The summed E-state index contributed by atoms with van der Waals surface area (Å²) >= 11 is 4.16. The van der Waals surface area contributed by atoms with Crippen molar-refractivity contribution in [2.75, 3.05) is 0 Å². The van der Waals surface area contributed by atoms with E-state index < -0.39 is 26.6 Å². The smallest absolute Gasteiger partial charge is 0.244 e. The Kier molecular flexibility index (Phi) is 4.29. The molecule has 9 heteroatoms. The molecule has 0 saturated heterocycles. The third kappa shape index (κ3) is 3.35. The van der Waals surface area contributed by atoms with Crippen LogP contribution in [0.3, 0.4) is 0 Å². The molecule has 0 radical (unpaired) electrons. The number of nitrogens with zero attached hydrogens (tertiary/aromatic N) is 1. The van der Waals surface area contributed by atoms with Gasteiger partial charge in [-0.15, -0.1) is 11.3 Å². The van der Waals surface area contributed by atoms with Gasteiger partial charge in [0.2, 0.25) is 10.0 Å². The van der Waals surface area contributed by atoms with Gasteiger partial charge in [0, 0.05) is 15.9 Å². The molecule has 0 fully saturated rings. The van der Waals surface area contributed by atoms with Gasteiger partial charge in [0.15, 0.2) is 0 Å². The molecule has 19 heavy (non-hydrogen) atoms. The number of sulfonamides is 1. The number of hydrogen-bond acceptors (Lipinski definition) is 4. The van der Waals surface area contributed by atoms with E-state index in [0.29, 0.717) is 11.8 Å². The second-order valence-electron chi connectivity index (χ2n) is 3.50. The Morgan fingerprint density at radius 2 is 2.11 bits per heavy atom. The molecule has 1 N–H and O–H groups in total. The molecular formula is C10H7BrF2N2O2S2. The molecular weight excluding hydrogens is 362 g/mol. The third-order valence-electron chi connectivity index (χ3n) is 2.16. The van der Waals surface area contributed by atoms with Crippen LogP contribution in [-0.4, -0.2) is 13.4 Å². The molecule has 0 aliphatic rings. The molecule has 0 atom stereocenters. The van der Waals surface area contributed by atoms with Crippen LogP contribution in [0.4, 0.5) is 8.78 Å². The Labute approximate surface area is 120 Å². The van der Waals surface area contributed by atoms with E-state index in [1.807, 2.05) is 0 Å². The summed E-state index contributed by atoms with van der Waals surface area (Å²) in [5, 5.41) is 1.67. The van der Waals surface area contributed by atoms with Crippen molar-refractivity contribution in [1.82, 2.24) is 9.71 Å². The summed E-state index contributed by atoms with van der Waals surface area (Å²) in [7, 11) is -4.09. The quantitative estimate of drug-likeness (QED) is 0.902. The second-order valence-corrected chi connectivity index (χ2v) is 6.78. The van der Waals surface area contributed by atoms with Crippen molar-refractivity contribution >= 4 is 37.3 Å². The lowest BCUT2D eigenvalue weighted by molar-refractivity contribution is 0.540. The van der Waals surface area contributed by atoms with Gasteiger partial charge in [-0.05, 0) is 22.0 Å². The van der Waals surface area contributed by atoms with Gasteiger partial charge in [-0.1, -0.05) is 0 Å². The van der Waals surface area contributed by atoms with Crippen molar-refractivity contribution in [3.05, 3.63) is 44.8 Å². The van der Waals surface area contributed by atoms with E-state index in [2.05, 4.69) is 25.6 Å². The highest BCUT2D eigenvalue weighted by molar-refractivity contribution is 9.10. The minimum Gasteiger partial charge on any atom is -0.248 e. The van der Waals surface area contributed by atoms with E-state index in [0.717, 1.165) is 6.07 Å². The minimum atomic E-state index is -4.09. The van der Waals surface area contributed by atoms with Crippen molar-refractivity contribution in [2.24, 2.45) is 0 Å². The summed E-state index contributed by atoms with van der Waals surface area (Å²) in [5.41, 5.74) is 2.07. The molecule has 0 amide bonds. The van der Waals surface area contributed by atoms with Crippen LogP contribution in [0.15, 0.2) is 32.4 Å². The van der Waals surface area contributed by atoms with Crippen LogP contribution < -0.4 is 4.72 Å². The van der Waals surface area contributed by atoms with E-state index >= 15 is 0 Å². The zero-order valence-corrected chi connectivity index (χ0v) is 12.4. The highest BCUT2D eigenvalue weighted by Crippen LogP contribution is 2.26. The molecule has 0 aliphatic carbocycles. The van der Waals surface area contributed by atoms with Gasteiger partial charge in [-0.2, -0.15) is 0 Å². The highest BCUT2D eigenvalue weighted by atomic mass is 79.9. The van der Waals surface area contributed by atoms with Crippen LogP contribution in [0.25, 0.3) is 0 Å². The van der Waals surface area contributed by atoms with E-state index in [1.54, 1.807) is 10.9 Å². The molecule has 0 bridgehead atoms. The van der Waals surface area contributed by atoms with Crippen molar-refractivity contribution in [2.45, 2.75) is 11.4 Å². The molecule has 0 spiro atoms. The van der Waals surface area contributed by atoms with E-state index in [-0.39, 0.29) is 11.0 Å². The van der Waals surface area contributed by atoms with E-state index in [1.165, 1.54) is 11.3 Å². The first kappa shape index (κ1) is 14.5. The number of benzene rings is 1. The van der Waals surface area contributed by atoms with Crippen molar-refractivity contribution in [1.29, 1.82) is 0 Å². The van der Waals surface area contributed by atoms with Gasteiger partial charge in [0.05, 0.1) is 17.7 Å². The highest BCUT2D eigenvalue weighted by Gasteiger charge is 2.23. The van der Waals surface area contributed by atoms with Crippen molar-refractivity contribution < 1.29 is 17.2 Å². The second kappa shape index (κ2) is 5.61. The first-order chi connectivity index (χ1) is 8.90. The van der Waals surface area contributed by atoms with Crippen LogP contribution in [0.2, 0.25) is 0 Å². The fourth-order valence-electron chi connectivity index (χ4n) is 1.35. The van der Waals surface area contributed by atoms with Gasteiger partial charge < -0.3 is 0 Å². The lowest BCUT2D eigenvalue weighted by atomic mass is 10.3. The number of halogens is 3. The summed E-state index contributed by atoms with van der Waals surface area (Å²) in [6.07, 6.45) is 0. The molecule has 2 aromatic rings. The SMILES string of the molecule is O=S(=O)(NCc1cscn1)c1c(F)cc(F)cc1Br. The number of nitrogens with one attached hydrogen (secondary N) is 1. The summed E-state index contributed by atoms with van der Waals surface area (Å²) < 4.78 is 52.4. The average molecular weight is 369 g/mol. The zero-order chi connectivity index (χ0) is 14.0. The summed E-state index contributed by atoms with van der Waals surface area (Å²) in [6, 6.07) is 1.41. The molecule has 1 aromatic carbocycles. The van der Waals surface area contributed by atoms with Gasteiger partial charge in [-0.25, -0.2) is 26.9 Å². The monoisotopic (exact) mass is 368 g/mol. The maximum atomic E-state index is 13.6. The minimum absolute atomic E-state index is 0.0604. The Morgan fingerprint density at radius 3 is 2.68 bits per heavy atom. The summed E-state index contributed by atoms with van der Waals surface area (Å²) in [6.45, 7) is -0.0604. The first-order valence-corrected chi connectivity index (χ1v) is 8.13. The van der Waals surface area contributed by atoms with E-state index in [9.17, 15) is 17.2 Å². The number of hydrogen-bond donors (Lipinski definition) is 1. The molecule has 0 aliphatic heterocycles. The molecule has 2 rings (SSSR count). The predicted molar refractivity (Wildman–Crippen MR) is 70.2 cm³/mol. The van der Waals surface area contributed by atoms with Gasteiger partial charge in [0.1, 0.15) is 16.5 Å². The van der Waals surface area contributed by atoms with Crippen molar-refractivity contribution in [3.8, 4) is 0 Å². The number of thiazole rings is 1. The molecule has 0 unspecified atom stereocenters. The van der Waals surface area contributed by atoms with Crippen LogP contribution in [-0.2, 0) is 16.6 Å². The van der Waals surface area contributed by atoms with E-state index in [4.69, 9.17) is 0 Å². The van der Waals surface area contributed by atoms with Gasteiger partial charge in [0.25, 0.3) is 0 Å². The topological polar surface area (TPSA) is 59.1 Å². The third-order valence-corrected chi connectivity index (χ3v) is 5.16. The summed E-state index contributed by atoms with van der Waals surface area (Å²) in [4.78, 5) is 3.28. The maximum Gasteiger partial charge on any atom is 0.244 e. The Bertz CT molecular complexity index is 667. The van der Waals surface area contributed by atoms with Crippen LogP contribution in [0, 0.1) is 11.6 Å². The molecule has 1 aromatic heterocycles. The first-order valence-electron chi connectivity index (χ1n) is 4.91. The van der Waals surface area contributed by atoms with Crippen molar-refractivity contribution in [3.63, 3.8) is 0 Å². The maximum absolute atomic E-state index is 13.6. The number of rotatable bonds is 4. The molecule has 4 nitrogen and oxygen atoms in total. The number of aromatic nitrogens is 1. The van der Waals surface area contributed by atoms with Crippen LogP contribution >= 0.6 is 27.3 Å². The lowest BCUT2D eigenvalue weighted by Gasteiger charge is -2.08. The Balaban J connectivity index is 2.29. The fourth-order valence-corrected chi connectivity index (χ4v) is 4.07. The molecule has 1 heterocycles. The Morgan fingerprint density at radius 1 is 1.37 bits per heavy atom. The predicted octanol–water partition coefficient (Wildman–Crippen LogP) is 2.66. The van der Waals surface area contributed by atoms with Crippen LogP contribution in [0.1, 0.15) is 5.69 Å². The van der Waals surface area contributed by atoms with Gasteiger partial charge >= 0.3 is 0 Å². The van der Waals surface area contributed by atoms with Gasteiger partial charge in [-0.3, -0.25) is 0 Å². The fraction of sp³-hybridized carbons (Fsp3) is 0.100. The normalized spacial score (nSPS) is 11.7.